The first-order valence-corrected chi connectivity index (χ1v) is 6.57. The molecule has 0 aliphatic heterocycles. The second-order valence-corrected chi connectivity index (χ2v) is 4.28. The third-order valence-electron chi connectivity index (χ3n) is 2.13. The maximum absolute atomic E-state index is 13.4. The van der Waals surface area contributed by atoms with Crippen LogP contribution in [-0.2, 0) is 4.74 Å². The average Bonchev–Trinajstić information content (AvgIpc) is 2.40. The van der Waals surface area contributed by atoms with Gasteiger partial charge in [-0.15, -0.1) is 11.6 Å². The van der Waals surface area contributed by atoms with E-state index in [0.29, 0.717) is 17.9 Å². The molecular formula is C14H13ClF4O2. The van der Waals surface area contributed by atoms with Crippen molar-refractivity contribution in [3.8, 4) is 17.6 Å². The minimum atomic E-state index is -4.39. The highest BCUT2D eigenvalue weighted by Gasteiger charge is 2.27. The molecule has 0 heterocycles. The molecule has 0 bridgehead atoms. The van der Waals surface area contributed by atoms with E-state index in [1.54, 1.807) is 0 Å². The first-order valence-electron chi connectivity index (χ1n) is 6.04. The number of benzene rings is 1. The second-order valence-electron chi connectivity index (χ2n) is 3.90. The van der Waals surface area contributed by atoms with E-state index in [1.807, 2.05) is 0 Å². The van der Waals surface area contributed by atoms with E-state index >= 15 is 0 Å². The van der Waals surface area contributed by atoms with Gasteiger partial charge in [-0.1, -0.05) is 11.8 Å². The SMILES string of the molecule is Fc1ccc(C#CCCCl)cc1OCCOCC(F)(F)F. The van der Waals surface area contributed by atoms with Crippen molar-refractivity contribution in [1.82, 2.24) is 0 Å². The summed E-state index contributed by atoms with van der Waals surface area (Å²) in [5.74, 6) is 5.25. The van der Waals surface area contributed by atoms with Crippen LogP contribution in [0.5, 0.6) is 5.75 Å². The molecule has 0 saturated carbocycles. The summed E-state index contributed by atoms with van der Waals surface area (Å²) in [6.07, 6.45) is -3.89. The molecule has 1 rings (SSSR count). The van der Waals surface area contributed by atoms with E-state index in [0.717, 1.165) is 0 Å². The molecule has 0 N–H and O–H groups in total. The lowest BCUT2D eigenvalue weighted by molar-refractivity contribution is -0.175. The summed E-state index contributed by atoms with van der Waals surface area (Å²) >= 11 is 5.47. The van der Waals surface area contributed by atoms with Crippen LogP contribution in [0.2, 0.25) is 0 Å². The summed E-state index contributed by atoms with van der Waals surface area (Å²) < 4.78 is 58.3. The summed E-state index contributed by atoms with van der Waals surface area (Å²) in [5, 5.41) is 0. The molecule has 21 heavy (non-hydrogen) atoms. The van der Waals surface area contributed by atoms with E-state index in [9.17, 15) is 17.6 Å². The molecule has 0 unspecified atom stereocenters. The fourth-order valence-electron chi connectivity index (χ4n) is 1.30. The van der Waals surface area contributed by atoms with Crippen LogP contribution in [0.25, 0.3) is 0 Å². The Morgan fingerprint density at radius 3 is 2.62 bits per heavy atom. The van der Waals surface area contributed by atoms with Crippen LogP contribution in [0.1, 0.15) is 12.0 Å². The van der Waals surface area contributed by atoms with Crippen LogP contribution >= 0.6 is 11.6 Å². The Morgan fingerprint density at radius 1 is 1.19 bits per heavy atom. The van der Waals surface area contributed by atoms with E-state index in [4.69, 9.17) is 16.3 Å². The molecule has 0 spiro atoms. The average molecular weight is 325 g/mol. The molecule has 1 aromatic rings. The van der Waals surface area contributed by atoms with Gasteiger partial charge in [0.25, 0.3) is 0 Å². The van der Waals surface area contributed by atoms with Gasteiger partial charge in [0, 0.05) is 17.9 Å². The van der Waals surface area contributed by atoms with Gasteiger partial charge < -0.3 is 9.47 Å². The van der Waals surface area contributed by atoms with Crippen molar-refractivity contribution in [2.45, 2.75) is 12.6 Å². The predicted octanol–water partition coefficient (Wildman–Crippen LogP) is 3.76. The zero-order valence-electron chi connectivity index (χ0n) is 11.0. The van der Waals surface area contributed by atoms with Gasteiger partial charge in [-0.05, 0) is 18.2 Å². The molecular weight excluding hydrogens is 312 g/mol. The van der Waals surface area contributed by atoms with Gasteiger partial charge in [0.2, 0.25) is 0 Å². The molecule has 0 saturated heterocycles. The fraction of sp³-hybridized carbons (Fsp3) is 0.429. The van der Waals surface area contributed by atoms with Gasteiger partial charge in [0.05, 0.1) is 6.61 Å². The quantitative estimate of drug-likeness (QED) is 0.343. The maximum Gasteiger partial charge on any atom is 0.411 e. The third kappa shape index (κ3) is 7.78. The van der Waals surface area contributed by atoms with Crippen molar-refractivity contribution in [3.63, 3.8) is 0 Å². The summed E-state index contributed by atoms with van der Waals surface area (Å²) in [5.41, 5.74) is 0.535. The Kier molecular flexibility index (Phi) is 7.34. The molecule has 1 aromatic carbocycles. The maximum atomic E-state index is 13.4. The van der Waals surface area contributed by atoms with Crippen molar-refractivity contribution >= 4 is 11.6 Å². The van der Waals surface area contributed by atoms with Crippen LogP contribution in [0.4, 0.5) is 17.6 Å². The largest absolute Gasteiger partial charge is 0.488 e. The third-order valence-corrected chi connectivity index (χ3v) is 2.32. The van der Waals surface area contributed by atoms with Gasteiger partial charge in [-0.3, -0.25) is 0 Å². The van der Waals surface area contributed by atoms with E-state index in [1.165, 1.54) is 18.2 Å². The number of hydrogen-bond acceptors (Lipinski definition) is 2. The molecule has 0 radical (unpaired) electrons. The molecule has 2 nitrogen and oxygen atoms in total. The highest BCUT2D eigenvalue weighted by molar-refractivity contribution is 6.18. The predicted molar refractivity (Wildman–Crippen MR) is 71.0 cm³/mol. The topological polar surface area (TPSA) is 18.5 Å². The Hall–Kier alpha value is -1.45. The van der Waals surface area contributed by atoms with Crippen LogP contribution in [0.3, 0.4) is 0 Å². The molecule has 116 valence electrons. The van der Waals surface area contributed by atoms with E-state index < -0.39 is 18.6 Å². The Labute approximate surface area is 125 Å². The highest BCUT2D eigenvalue weighted by Crippen LogP contribution is 2.18. The normalized spacial score (nSPS) is 10.9. The summed E-state index contributed by atoms with van der Waals surface area (Å²) in [6, 6.07) is 4.03. The number of halogens is 5. The minimum Gasteiger partial charge on any atom is -0.488 e. The minimum absolute atomic E-state index is 0.0803. The highest BCUT2D eigenvalue weighted by atomic mass is 35.5. The summed E-state index contributed by atoms with van der Waals surface area (Å²) in [7, 11) is 0. The molecule has 0 amide bonds. The van der Waals surface area contributed by atoms with Crippen LogP contribution in [0.15, 0.2) is 18.2 Å². The number of alkyl halides is 4. The zero-order valence-corrected chi connectivity index (χ0v) is 11.7. The van der Waals surface area contributed by atoms with Gasteiger partial charge in [0.15, 0.2) is 11.6 Å². The second kappa shape index (κ2) is 8.75. The molecule has 0 aliphatic rings. The monoisotopic (exact) mass is 324 g/mol. The molecule has 0 aromatic heterocycles. The Balaban J connectivity index is 2.47. The lowest BCUT2D eigenvalue weighted by Crippen LogP contribution is -2.19. The van der Waals surface area contributed by atoms with Crippen molar-refractivity contribution in [2.24, 2.45) is 0 Å². The van der Waals surface area contributed by atoms with Crippen LogP contribution < -0.4 is 4.74 Å². The molecule has 7 heteroatoms. The fourth-order valence-corrected chi connectivity index (χ4v) is 1.40. The van der Waals surface area contributed by atoms with Gasteiger partial charge in [0.1, 0.15) is 13.2 Å². The first kappa shape index (κ1) is 17.6. The first-order chi connectivity index (χ1) is 9.92. The number of hydrogen-bond donors (Lipinski definition) is 0. The lowest BCUT2D eigenvalue weighted by atomic mass is 10.2. The Bertz CT molecular complexity index is 506. The van der Waals surface area contributed by atoms with E-state index in [-0.39, 0.29) is 19.0 Å². The molecule has 0 atom stereocenters. The van der Waals surface area contributed by atoms with Crippen molar-refractivity contribution in [1.29, 1.82) is 0 Å². The van der Waals surface area contributed by atoms with E-state index in [2.05, 4.69) is 16.6 Å². The molecule has 0 aliphatic carbocycles. The van der Waals surface area contributed by atoms with Crippen molar-refractivity contribution in [3.05, 3.63) is 29.6 Å². The molecule has 0 fully saturated rings. The number of rotatable bonds is 6. The van der Waals surface area contributed by atoms with Crippen LogP contribution in [0, 0.1) is 17.7 Å². The van der Waals surface area contributed by atoms with Crippen LogP contribution in [-0.4, -0.2) is 31.9 Å². The van der Waals surface area contributed by atoms with Crippen molar-refractivity contribution < 1.29 is 27.0 Å². The summed E-state index contributed by atoms with van der Waals surface area (Å²) in [6.45, 7) is -1.84. The zero-order chi connectivity index (χ0) is 15.7. The lowest BCUT2D eigenvalue weighted by Gasteiger charge is -2.09. The standard InChI is InChI=1S/C14H13ClF4O2/c15-6-2-1-3-11-4-5-12(16)13(9-11)21-8-7-20-10-14(17,18)19/h4-5,9H,2,6-8,10H2. The smallest absolute Gasteiger partial charge is 0.411 e. The Morgan fingerprint density at radius 2 is 1.95 bits per heavy atom. The van der Waals surface area contributed by atoms with Crippen molar-refractivity contribution in [2.75, 3.05) is 25.7 Å². The van der Waals surface area contributed by atoms with Gasteiger partial charge >= 0.3 is 6.18 Å². The van der Waals surface area contributed by atoms with Gasteiger partial charge in [-0.25, -0.2) is 4.39 Å². The van der Waals surface area contributed by atoms with Gasteiger partial charge in [-0.2, -0.15) is 13.2 Å². The summed E-state index contributed by atoms with van der Waals surface area (Å²) in [4.78, 5) is 0. The number of ether oxygens (including phenoxy) is 2.